The Labute approximate surface area is 167 Å². The summed E-state index contributed by atoms with van der Waals surface area (Å²) in [5.74, 6) is 0.573. The second kappa shape index (κ2) is 11.7. The van der Waals surface area contributed by atoms with E-state index in [1.54, 1.807) is 7.05 Å². The average molecular weight is 482 g/mol. The molecule has 0 bridgehead atoms. The fourth-order valence-corrected chi connectivity index (χ4v) is 3.30. The number of sulfonamides is 1. The minimum Gasteiger partial charge on any atom is -0.376 e. The van der Waals surface area contributed by atoms with Gasteiger partial charge < -0.3 is 15.4 Å². The van der Waals surface area contributed by atoms with Gasteiger partial charge in [-0.1, -0.05) is 30.3 Å². The van der Waals surface area contributed by atoms with Gasteiger partial charge in [0.2, 0.25) is 10.0 Å². The molecule has 0 spiro atoms. The largest absolute Gasteiger partial charge is 0.376 e. The summed E-state index contributed by atoms with van der Waals surface area (Å²) < 4.78 is 32.1. The van der Waals surface area contributed by atoms with E-state index < -0.39 is 10.0 Å². The van der Waals surface area contributed by atoms with Gasteiger partial charge in [0.1, 0.15) is 0 Å². The van der Waals surface area contributed by atoms with E-state index in [2.05, 4.69) is 20.3 Å². The van der Waals surface area contributed by atoms with Gasteiger partial charge in [0.25, 0.3) is 0 Å². The van der Waals surface area contributed by atoms with Crippen molar-refractivity contribution in [3.05, 3.63) is 35.9 Å². The lowest BCUT2D eigenvalue weighted by molar-refractivity contribution is 0.114. The smallest absolute Gasteiger partial charge is 0.213 e. The Hall–Kier alpha value is -0.910. The molecule has 1 atom stereocenters. The van der Waals surface area contributed by atoms with Gasteiger partial charge in [0.15, 0.2) is 5.96 Å². The summed E-state index contributed by atoms with van der Waals surface area (Å²) in [7, 11) is -1.67. The van der Waals surface area contributed by atoms with E-state index in [0.29, 0.717) is 19.0 Å². The number of hydrogen-bond acceptors (Lipinski definition) is 4. The summed E-state index contributed by atoms with van der Waals surface area (Å²) in [5, 5.41) is 6.17. The van der Waals surface area contributed by atoms with Crippen LogP contribution in [-0.4, -0.2) is 53.0 Å². The highest BCUT2D eigenvalue weighted by molar-refractivity contribution is 14.0. The first-order chi connectivity index (χ1) is 11.6. The number of rotatable bonds is 8. The average Bonchev–Trinajstić information content (AvgIpc) is 3.10. The van der Waals surface area contributed by atoms with Crippen LogP contribution in [0.15, 0.2) is 35.3 Å². The Morgan fingerprint density at radius 1 is 1.28 bits per heavy atom. The first kappa shape index (κ1) is 22.1. The molecule has 1 aromatic rings. The van der Waals surface area contributed by atoms with Crippen molar-refractivity contribution in [1.82, 2.24) is 15.4 Å². The molecule has 25 heavy (non-hydrogen) atoms. The Morgan fingerprint density at radius 2 is 2.04 bits per heavy atom. The minimum absolute atomic E-state index is 0. The van der Waals surface area contributed by atoms with Crippen LogP contribution in [0.5, 0.6) is 0 Å². The molecular weight excluding hydrogens is 455 g/mol. The van der Waals surface area contributed by atoms with Gasteiger partial charge in [0.05, 0.1) is 11.9 Å². The third-order valence-corrected chi connectivity index (χ3v) is 5.07. The highest BCUT2D eigenvalue weighted by Gasteiger charge is 2.15. The molecule has 1 fully saturated rings. The van der Waals surface area contributed by atoms with Gasteiger partial charge in [-0.25, -0.2) is 13.1 Å². The first-order valence-corrected chi connectivity index (χ1v) is 9.81. The van der Waals surface area contributed by atoms with Crippen molar-refractivity contribution in [3.63, 3.8) is 0 Å². The van der Waals surface area contributed by atoms with Crippen molar-refractivity contribution in [3.8, 4) is 0 Å². The Bertz CT molecular complexity index is 620. The third-order valence-electron chi connectivity index (χ3n) is 3.75. The second-order valence-corrected chi connectivity index (χ2v) is 7.57. The van der Waals surface area contributed by atoms with E-state index in [9.17, 15) is 8.42 Å². The number of benzene rings is 1. The maximum absolute atomic E-state index is 12.0. The SMILES string of the molecule is CN=C(NCCS(=O)(=O)NCc1ccccc1)NCC1CCCO1.I. The van der Waals surface area contributed by atoms with Crippen LogP contribution in [0.2, 0.25) is 0 Å². The maximum atomic E-state index is 12.0. The quantitative estimate of drug-likeness (QED) is 0.293. The molecule has 0 radical (unpaired) electrons. The van der Waals surface area contributed by atoms with Gasteiger partial charge in [-0.05, 0) is 18.4 Å². The van der Waals surface area contributed by atoms with E-state index >= 15 is 0 Å². The van der Waals surface area contributed by atoms with E-state index in [0.717, 1.165) is 25.0 Å². The van der Waals surface area contributed by atoms with E-state index in [-0.39, 0.29) is 42.4 Å². The molecule has 7 nitrogen and oxygen atoms in total. The molecule has 1 aromatic carbocycles. The van der Waals surface area contributed by atoms with Gasteiger partial charge in [-0.2, -0.15) is 0 Å². The summed E-state index contributed by atoms with van der Waals surface area (Å²) in [6.07, 6.45) is 2.34. The van der Waals surface area contributed by atoms with Crippen LogP contribution in [0.25, 0.3) is 0 Å². The molecule has 1 saturated heterocycles. The van der Waals surface area contributed by atoms with Crippen molar-refractivity contribution < 1.29 is 13.2 Å². The fourth-order valence-electron chi connectivity index (χ4n) is 2.40. The zero-order valence-electron chi connectivity index (χ0n) is 14.4. The number of hydrogen-bond donors (Lipinski definition) is 3. The molecule has 1 aliphatic heterocycles. The normalized spacial score (nSPS) is 17.8. The fraction of sp³-hybridized carbons (Fsp3) is 0.562. The summed E-state index contributed by atoms with van der Waals surface area (Å²) in [6, 6.07) is 9.44. The summed E-state index contributed by atoms with van der Waals surface area (Å²) in [6.45, 7) is 2.08. The van der Waals surface area contributed by atoms with Crippen LogP contribution in [0.4, 0.5) is 0 Å². The standard InChI is InChI=1S/C16H26N4O3S.HI/c1-17-16(19-13-15-8-5-10-23-15)18-9-11-24(21,22)20-12-14-6-3-2-4-7-14;/h2-4,6-7,15,20H,5,8-13H2,1H3,(H2,17,18,19);1H. The number of halogens is 1. The molecule has 1 heterocycles. The molecule has 1 aliphatic rings. The Morgan fingerprint density at radius 3 is 2.68 bits per heavy atom. The number of nitrogens with zero attached hydrogens (tertiary/aromatic N) is 1. The zero-order valence-corrected chi connectivity index (χ0v) is 17.5. The Kier molecular flexibility index (Phi) is 10.3. The Balaban J connectivity index is 0.00000312. The predicted molar refractivity (Wildman–Crippen MR) is 111 cm³/mol. The predicted octanol–water partition coefficient (Wildman–Crippen LogP) is 1.07. The van der Waals surface area contributed by atoms with Crippen molar-refractivity contribution in [2.75, 3.05) is 32.5 Å². The topological polar surface area (TPSA) is 91.8 Å². The molecule has 0 aromatic heterocycles. The molecule has 142 valence electrons. The second-order valence-electron chi connectivity index (χ2n) is 5.64. The van der Waals surface area contributed by atoms with Gasteiger partial charge in [-0.3, -0.25) is 4.99 Å². The molecule has 2 rings (SSSR count). The number of ether oxygens (including phenoxy) is 1. The lowest BCUT2D eigenvalue weighted by atomic mass is 10.2. The number of nitrogens with one attached hydrogen (secondary N) is 3. The summed E-state index contributed by atoms with van der Waals surface area (Å²) in [4.78, 5) is 4.09. The van der Waals surface area contributed by atoms with E-state index in [1.807, 2.05) is 30.3 Å². The minimum atomic E-state index is -3.33. The highest BCUT2D eigenvalue weighted by Crippen LogP contribution is 2.10. The van der Waals surface area contributed by atoms with Crippen LogP contribution in [0, 0.1) is 0 Å². The monoisotopic (exact) mass is 482 g/mol. The van der Waals surface area contributed by atoms with Crippen molar-refractivity contribution in [2.45, 2.75) is 25.5 Å². The third kappa shape index (κ3) is 8.84. The van der Waals surface area contributed by atoms with Crippen LogP contribution in [0.1, 0.15) is 18.4 Å². The molecule has 1 unspecified atom stereocenters. The number of guanidine groups is 1. The number of aliphatic imine (C=N–C) groups is 1. The van der Waals surface area contributed by atoms with E-state index in [4.69, 9.17) is 4.74 Å². The van der Waals surface area contributed by atoms with Crippen molar-refractivity contribution >= 4 is 40.0 Å². The van der Waals surface area contributed by atoms with Crippen LogP contribution in [0.3, 0.4) is 0 Å². The lowest BCUT2D eigenvalue weighted by Gasteiger charge is -2.15. The van der Waals surface area contributed by atoms with Crippen LogP contribution >= 0.6 is 24.0 Å². The zero-order chi connectivity index (χ0) is 17.3. The summed E-state index contributed by atoms with van der Waals surface area (Å²) >= 11 is 0. The van der Waals surface area contributed by atoms with Crippen LogP contribution in [-0.2, 0) is 21.3 Å². The lowest BCUT2D eigenvalue weighted by Crippen LogP contribution is -2.43. The van der Waals surface area contributed by atoms with Gasteiger partial charge >= 0.3 is 0 Å². The molecule has 0 aliphatic carbocycles. The molecular formula is C16H27IN4O3S. The first-order valence-electron chi connectivity index (χ1n) is 8.16. The van der Waals surface area contributed by atoms with Crippen molar-refractivity contribution in [1.29, 1.82) is 0 Å². The molecule has 3 N–H and O–H groups in total. The van der Waals surface area contributed by atoms with Gasteiger partial charge in [0, 0.05) is 33.3 Å². The highest BCUT2D eigenvalue weighted by atomic mass is 127. The van der Waals surface area contributed by atoms with Crippen LogP contribution < -0.4 is 15.4 Å². The van der Waals surface area contributed by atoms with E-state index in [1.165, 1.54) is 0 Å². The summed E-state index contributed by atoms with van der Waals surface area (Å²) in [5.41, 5.74) is 0.933. The van der Waals surface area contributed by atoms with Gasteiger partial charge in [-0.15, -0.1) is 24.0 Å². The molecule has 0 saturated carbocycles. The molecule has 0 amide bonds. The van der Waals surface area contributed by atoms with Crippen molar-refractivity contribution in [2.24, 2.45) is 4.99 Å². The molecule has 9 heteroatoms. The maximum Gasteiger partial charge on any atom is 0.213 e.